The maximum Gasteiger partial charge on any atom is 0.441 e. The predicted octanol–water partition coefficient (Wildman–Crippen LogP) is 3.63. The summed E-state index contributed by atoms with van der Waals surface area (Å²) in [5.41, 5.74) is -4.60. The van der Waals surface area contributed by atoms with E-state index in [1.54, 1.807) is 6.07 Å². The minimum atomic E-state index is -4.26. The van der Waals surface area contributed by atoms with Crippen LogP contribution in [-0.4, -0.2) is 15.8 Å². The number of aryl methyl sites for hydroxylation is 1. The average Bonchev–Trinajstić information content (AvgIpc) is 2.11. The number of pyridine rings is 1. The summed E-state index contributed by atoms with van der Waals surface area (Å²) in [5.74, 6) is -0.188. The Labute approximate surface area is 110 Å². The number of halogens is 5. The summed E-state index contributed by atoms with van der Waals surface area (Å²) in [7, 11) is 0. The number of nitrogens with zero attached hydrogens (tertiary/aromatic N) is 1. The zero-order chi connectivity index (χ0) is 12.3. The molecule has 0 radical (unpaired) electrons. The third kappa shape index (κ3) is 4.50. The predicted molar refractivity (Wildman–Crippen MR) is 64.6 cm³/mol. The average molecular weight is 381 g/mol. The van der Waals surface area contributed by atoms with Crippen LogP contribution in [0.1, 0.15) is 0 Å². The first-order valence-electron chi connectivity index (χ1n) is 4.06. The van der Waals surface area contributed by atoms with Gasteiger partial charge in [0.15, 0.2) is 0 Å². The molecule has 8 heteroatoms. The van der Waals surface area contributed by atoms with Gasteiger partial charge in [0.1, 0.15) is 0 Å². The van der Waals surface area contributed by atoms with Crippen LogP contribution in [0.2, 0.25) is 0 Å². The Morgan fingerprint density at radius 3 is 2.56 bits per heavy atom. The fourth-order valence-corrected chi connectivity index (χ4v) is 2.77. The van der Waals surface area contributed by atoms with Crippen molar-refractivity contribution in [2.24, 2.45) is 0 Å². The molecule has 0 aliphatic rings. The van der Waals surface area contributed by atoms with E-state index in [1.807, 2.05) is 0 Å². The number of thioether (sulfide) groups is 1. The van der Waals surface area contributed by atoms with Crippen molar-refractivity contribution < 1.29 is 13.2 Å². The highest BCUT2D eigenvalue weighted by Crippen LogP contribution is 2.29. The molecule has 2 nitrogen and oxygen atoms in total. The summed E-state index contributed by atoms with van der Waals surface area (Å²) in [6.07, 6.45) is 1.46. The third-order valence-corrected chi connectivity index (χ3v) is 3.32. The van der Waals surface area contributed by atoms with Crippen molar-refractivity contribution in [1.29, 1.82) is 0 Å². The molecule has 1 rings (SSSR count). The summed E-state index contributed by atoms with van der Waals surface area (Å²) in [4.78, 5) is 11.5. The Balaban J connectivity index is 2.71. The molecule has 0 aliphatic heterocycles. The first-order valence-corrected chi connectivity index (χ1v) is 6.63. The summed E-state index contributed by atoms with van der Waals surface area (Å²) in [5, 5.41) is 0. The number of hydrogen-bond acceptors (Lipinski definition) is 2. The second-order valence-electron chi connectivity index (χ2n) is 2.80. The van der Waals surface area contributed by atoms with Gasteiger partial charge >= 0.3 is 5.51 Å². The van der Waals surface area contributed by atoms with E-state index in [9.17, 15) is 18.0 Å². The van der Waals surface area contributed by atoms with Crippen molar-refractivity contribution in [2.75, 3.05) is 5.75 Å². The number of alkyl halides is 3. The monoisotopic (exact) mass is 379 g/mol. The molecule has 1 heterocycles. The van der Waals surface area contributed by atoms with E-state index in [-0.39, 0.29) is 29.6 Å². The van der Waals surface area contributed by atoms with Crippen LogP contribution < -0.4 is 5.56 Å². The Morgan fingerprint density at radius 1 is 1.38 bits per heavy atom. The second kappa shape index (κ2) is 5.59. The largest absolute Gasteiger partial charge is 0.441 e. The van der Waals surface area contributed by atoms with E-state index in [0.717, 1.165) is 0 Å². The molecular weight excluding hydrogens is 375 g/mol. The lowest BCUT2D eigenvalue weighted by Gasteiger charge is -2.08. The lowest BCUT2D eigenvalue weighted by Crippen LogP contribution is -2.21. The van der Waals surface area contributed by atoms with E-state index in [1.165, 1.54) is 10.8 Å². The first kappa shape index (κ1) is 14.1. The summed E-state index contributed by atoms with van der Waals surface area (Å²) < 4.78 is 37.8. The van der Waals surface area contributed by atoms with Crippen molar-refractivity contribution in [3.8, 4) is 0 Å². The van der Waals surface area contributed by atoms with Crippen molar-refractivity contribution >= 4 is 43.6 Å². The molecule has 0 aromatic carbocycles. The number of hydrogen-bond donors (Lipinski definition) is 0. The Kier molecular flexibility index (Phi) is 4.93. The molecule has 0 spiro atoms. The maximum atomic E-state index is 11.9. The fraction of sp³-hybridized carbons (Fsp3) is 0.375. The van der Waals surface area contributed by atoms with Gasteiger partial charge in [0, 0.05) is 23.0 Å². The highest BCUT2D eigenvalue weighted by Gasteiger charge is 2.27. The molecule has 1 aromatic heterocycles. The normalized spacial score (nSPS) is 11.8. The van der Waals surface area contributed by atoms with Crippen LogP contribution in [0, 0.1) is 0 Å². The maximum absolute atomic E-state index is 11.9. The van der Waals surface area contributed by atoms with Crippen molar-refractivity contribution in [2.45, 2.75) is 12.1 Å². The zero-order valence-corrected chi connectivity index (χ0v) is 11.7. The van der Waals surface area contributed by atoms with Crippen LogP contribution in [-0.2, 0) is 6.54 Å². The molecule has 0 bridgehead atoms. The van der Waals surface area contributed by atoms with Crippen LogP contribution in [0.15, 0.2) is 26.0 Å². The molecule has 0 amide bonds. The Bertz CT molecular complexity index is 432. The molecular formula is C8H6Br2F3NOS. The number of aromatic nitrogens is 1. The standard InChI is InChI=1S/C8H6Br2F3NOS/c9-5-3-6(10)7(15)14(4-5)1-2-16-8(11,12)13/h3-4H,1-2H2. The smallest absolute Gasteiger partial charge is 0.313 e. The minimum Gasteiger partial charge on any atom is -0.313 e. The summed E-state index contributed by atoms with van der Waals surface area (Å²) >= 11 is 6.05. The minimum absolute atomic E-state index is 0.0149. The van der Waals surface area contributed by atoms with Gasteiger partial charge in [-0.1, -0.05) is 0 Å². The molecule has 1 aromatic rings. The van der Waals surface area contributed by atoms with Crippen LogP contribution >= 0.6 is 43.6 Å². The molecule has 90 valence electrons. The van der Waals surface area contributed by atoms with Gasteiger partial charge < -0.3 is 4.57 Å². The molecule has 0 aliphatic carbocycles. The van der Waals surface area contributed by atoms with Crippen molar-refractivity contribution in [3.63, 3.8) is 0 Å². The van der Waals surface area contributed by atoms with Crippen molar-refractivity contribution in [1.82, 2.24) is 4.57 Å². The van der Waals surface area contributed by atoms with Crippen molar-refractivity contribution in [3.05, 3.63) is 31.6 Å². The van der Waals surface area contributed by atoms with Gasteiger partial charge in [-0.25, -0.2) is 0 Å². The first-order chi connectivity index (χ1) is 7.29. The van der Waals surface area contributed by atoms with Crippen LogP contribution in [0.25, 0.3) is 0 Å². The summed E-state index contributed by atoms with van der Waals surface area (Å²) in [6.45, 7) is 0.0149. The van der Waals surface area contributed by atoms with E-state index in [0.29, 0.717) is 8.95 Å². The topological polar surface area (TPSA) is 22.0 Å². The number of rotatable bonds is 3. The molecule has 0 saturated heterocycles. The van der Waals surface area contributed by atoms with Crippen LogP contribution in [0.5, 0.6) is 0 Å². The molecule has 0 saturated carbocycles. The molecule has 16 heavy (non-hydrogen) atoms. The van der Waals surface area contributed by atoms with Gasteiger partial charge in [-0.15, -0.1) is 0 Å². The van der Waals surface area contributed by atoms with E-state index < -0.39 is 5.51 Å². The van der Waals surface area contributed by atoms with E-state index in [4.69, 9.17) is 0 Å². The summed E-state index contributed by atoms with van der Waals surface area (Å²) in [6, 6.07) is 1.55. The van der Waals surface area contributed by atoms with Gasteiger partial charge in [0.05, 0.1) is 4.47 Å². The molecule has 0 atom stereocenters. The van der Waals surface area contributed by atoms with Gasteiger partial charge in [0.25, 0.3) is 5.56 Å². The van der Waals surface area contributed by atoms with Crippen LogP contribution in [0.4, 0.5) is 13.2 Å². The molecule has 0 N–H and O–H groups in total. The quantitative estimate of drug-likeness (QED) is 0.798. The second-order valence-corrected chi connectivity index (χ2v) is 5.73. The van der Waals surface area contributed by atoms with Gasteiger partial charge in [-0.2, -0.15) is 13.2 Å². The fourth-order valence-electron chi connectivity index (χ4n) is 0.991. The van der Waals surface area contributed by atoms with Gasteiger partial charge in [0.2, 0.25) is 0 Å². The highest BCUT2D eigenvalue weighted by molar-refractivity contribution is 9.11. The molecule has 0 fully saturated rings. The lowest BCUT2D eigenvalue weighted by molar-refractivity contribution is -0.0328. The van der Waals surface area contributed by atoms with Gasteiger partial charge in [-0.05, 0) is 49.7 Å². The van der Waals surface area contributed by atoms with Gasteiger partial charge in [-0.3, -0.25) is 4.79 Å². The SMILES string of the molecule is O=c1c(Br)cc(Br)cn1CCSC(F)(F)F. The van der Waals surface area contributed by atoms with Crippen LogP contribution in [0.3, 0.4) is 0 Å². The Hall–Kier alpha value is 0.0500. The molecule has 0 unspecified atom stereocenters. The third-order valence-electron chi connectivity index (χ3n) is 1.61. The highest BCUT2D eigenvalue weighted by atomic mass is 79.9. The Morgan fingerprint density at radius 2 is 2.00 bits per heavy atom. The van der Waals surface area contributed by atoms with E-state index >= 15 is 0 Å². The zero-order valence-electron chi connectivity index (χ0n) is 7.72. The lowest BCUT2D eigenvalue weighted by atomic mass is 10.5. The van der Waals surface area contributed by atoms with E-state index in [2.05, 4.69) is 31.9 Å².